The summed E-state index contributed by atoms with van der Waals surface area (Å²) in [6.45, 7) is 0.601. The van der Waals surface area contributed by atoms with Gasteiger partial charge in [0.05, 0.1) is 0 Å². The molecule has 1 atom stereocenters. The summed E-state index contributed by atoms with van der Waals surface area (Å²) in [5.41, 5.74) is 10.4. The number of rotatable bonds is 3. The van der Waals surface area contributed by atoms with Gasteiger partial charge in [0.2, 0.25) is 0 Å². The zero-order valence-electron chi connectivity index (χ0n) is 15.5. The van der Waals surface area contributed by atoms with Gasteiger partial charge in [0, 0.05) is 41.8 Å². The summed E-state index contributed by atoms with van der Waals surface area (Å²) in [6, 6.07) is 11.3. The number of hydrogen-bond acceptors (Lipinski definition) is 4. The summed E-state index contributed by atoms with van der Waals surface area (Å²) < 4.78 is 11.6. The average Bonchev–Trinajstić information content (AvgIpc) is 2.73. The number of carbonyl (C=O) groups excluding carboxylic acids is 1. The van der Waals surface area contributed by atoms with Crippen LogP contribution in [0.25, 0.3) is 22.3 Å². The van der Waals surface area contributed by atoms with Crippen molar-refractivity contribution in [2.24, 2.45) is 5.73 Å². The van der Waals surface area contributed by atoms with E-state index in [-0.39, 0.29) is 0 Å². The van der Waals surface area contributed by atoms with Gasteiger partial charge in [-0.2, -0.15) is 0 Å². The zero-order chi connectivity index (χ0) is 19.7. The van der Waals surface area contributed by atoms with Crippen molar-refractivity contribution in [3.63, 3.8) is 0 Å². The van der Waals surface area contributed by atoms with Crippen molar-refractivity contribution in [2.75, 3.05) is 17.7 Å². The van der Waals surface area contributed by atoms with Crippen molar-refractivity contribution in [3.8, 4) is 22.3 Å². The maximum Gasteiger partial charge on any atom is 0.320 e. The molecule has 142 valence electrons. The van der Waals surface area contributed by atoms with E-state index in [4.69, 9.17) is 5.73 Å². The summed E-state index contributed by atoms with van der Waals surface area (Å²) in [4.78, 5) is 22.8. The Balaban J connectivity index is 1.67. The molecule has 3 heterocycles. The zero-order valence-corrected chi connectivity index (χ0v) is 16.3. The van der Waals surface area contributed by atoms with E-state index in [1.54, 1.807) is 18.6 Å². The highest BCUT2D eigenvalue weighted by Crippen LogP contribution is 2.31. The summed E-state index contributed by atoms with van der Waals surface area (Å²) in [5, 5.41) is 0. The summed E-state index contributed by atoms with van der Waals surface area (Å²) in [6.07, 6.45) is 8.76. The summed E-state index contributed by atoms with van der Waals surface area (Å²) in [7, 11) is 0. The average molecular weight is 392 g/mol. The quantitative estimate of drug-likeness (QED) is 0.691. The topological polar surface area (TPSA) is 95.2 Å². The second kappa shape index (κ2) is 7.61. The lowest BCUT2D eigenvalue weighted by molar-refractivity contribution is 0.253. The van der Waals surface area contributed by atoms with Gasteiger partial charge in [-0.05, 0) is 71.5 Å². The van der Waals surface area contributed by atoms with Crippen LogP contribution in [0.5, 0.6) is 0 Å². The van der Waals surface area contributed by atoms with Crippen LogP contribution in [0.2, 0.25) is 0 Å². The molecular weight excluding hydrogens is 372 g/mol. The fourth-order valence-electron chi connectivity index (χ4n) is 3.43. The fraction of sp³-hybridized carbons (Fsp3) is 0.190. The minimum absolute atomic E-state index is 0.471. The molecule has 0 aliphatic carbocycles. The van der Waals surface area contributed by atoms with Crippen molar-refractivity contribution in [1.82, 2.24) is 9.97 Å². The van der Waals surface area contributed by atoms with Crippen molar-refractivity contribution in [3.05, 3.63) is 60.6 Å². The summed E-state index contributed by atoms with van der Waals surface area (Å²) in [5.74, 6) is 0.648. The molecular formula is C21H20N4O2S. The van der Waals surface area contributed by atoms with Crippen molar-refractivity contribution in [2.45, 2.75) is 17.7 Å². The molecule has 1 aliphatic rings. The van der Waals surface area contributed by atoms with Crippen LogP contribution in [0, 0.1) is 0 Å². The number of hydrogen-bond donors (Lipinski definition) is 1. The van der Waals surface area contributed by atoms with Gasteiger partial charge in [-0.15, -0.1) is 0 Å². The molecule has 2 amide bonds. The van der Waals surface area contributed by atoms with Crippen molar-refractivity contribution < 1.29 is 9.35 Å². The van der Waals surface area contributed by atoms with Crippen LogP contribution in [-0.4, -0.2) is 33.4 Å². The van der Waals surface area contributed by atoms with Crippen LogP contribution >= 0.6 is 0 Å². The standard InChI is InChI=1S/C21H20N4O2S/c1-28(27)19-6-4-14(5-7-19)16-10-17(12-23-11-16)18-9-15-3-2-8-25(21(22)26)20(15)24-13-18/h4-7,9-13H,2-3,8H2,1H3,(H2,22,26). The Morgan fingerprint density at radius 2 is 1.75 bits per heavy atom. The number of nitrogens with two attached hydrogens (primary N) is 1. The first-order chi connectivity index (χ1) is 13.5. The van der Waals surface area contributed by atoms with E-state index in [9.17, 15) is 9.35 Å². The first kappa shape index (κ1) is 18.5. The van der Waals surface area contributed by atoms with Gasteiger partial charge >= 0.3 is 6.03 Å². The van der Waals surface area contributed by atoms with Gasteiger partial charge in [-0.1, -0.05) is 0 Å². The highest BCUT2D eigenvalue weighted by atomic mass is 32.2. The first-order valence-electron chi connectivity index (χ1n) is 8.98. The van der Waals surface area contributed by atoms with Crippen LogP contribution in [0.1, 0.15) is 12.0 Å². The third-order valence-corrected chi connectivity index (χ3v) is 5.82. The van der Waals surface area contributed by atoms with Crippen molar-refractivity contribution >= 4 is 23.0 Å². The molecule has 0 saturated heterocycles. The van der Waals surface area contributed by atoms with Crippen LogP contribution < -0.4 is 10.6 Å². The van der Waals surface area contributed by atoms with E-state index in [0.29, 0.717) is 12.4 Å². The number of aromatic nitrogens is 2. The summed E-state index contributed by atoms with van der Waals surface area (Å²) >= 11 is -0.996. The molecule has 4 rings (SSSR count). The molecule has 1 aliphatic heterocycles. The smallest absolute Gasteiger partial charge is 0.320 e. The maximum atomic E-state index is 11.6. The lowest BCUT2D eigenvalue weighted by Gasteiger charge is -2.26. The third-order valence-electron chi connectivity index (χ3n) is 4.88. The molecule has 1 aromatic carbocycles. The minimum Gasteiger partial charge on any atom is -0.612 e. The molecule has 0 fully saturated rings. The number of anilines is 1. The Kier molecular flexibility index (Phi) is 5.02. The number of fused-ring (bicyclic) bond motifs is 1. The number of aryl methyl sites for hydroxylation is 1. The normalized spacial score (nSPS) is 14.4. The van der Waals surface area contributed by atoms with Crippen LogP contribution in [0.15, 0.2) is 59.9 Å². The monoisotopic (exact) mass is 392 g/mol. The van der Waals surface area contributed by atoms with E-state index in [1.165, 1.54) is 4.90 Å². The minimum atomic E-state index is -0.996. The molecule has 3 aromatic rings. The predicted octanol–water partition coefficient (Wildman–Crippen LogP) is 3.38. The van der Waals surface area contributed by atoms with E-state index >= 15 is 0 Å². The van der Waals surface area contributed by atoms with E-state index in [1.807, 2.05) is 30.5 Å². The first-order valence-corrected chi connectivity index (χ1v) is 10.5. The van der Waals surface area contributed by atoms with Crippen LogP contribution in [0.4, 0.5) is 10.6 Å². The van der Waals surface area contributed by atoms with E-state index in [2.05, 4.69) is 22.1 Å². The lowest BCUT2D eigenvalue weighted by Crippen LogP contribution is -2.40. The van der Waals surface area contributed by atoms with Gasteiger partial charge in [0.15, 0.2) is 4.90 Å². The molecule has 0 radical (unpaired) electrons. The lowest BCUT2D eigenvalue weighted by atomic mass is 9.99. The number of nitrogens with zero attached hydrogens (tertiary/aromatic N) is 3. The number of benzene rings is 1. The Bertz CT molecular complexity index is 1020. The van der Waals surface area contributed by atoms with Crippen LogP contribution in [0.3, 0.4) is 0 Å². The number of urea groups is 1. The van der Waals surface area contributed by atoms with Gasteiger partial charge in [0.25, 0.3) is 0 Å². The van der Waals surface area contributed by atoms with Gasteiger partial charge in [0.1, 0.15) is 12.1 Å². The molecule has 0 bridgehead atoms. The SMILES string of the molecule is C[S+]([O-])c1ccc(-c2cncc(-c3cnc4c(c3)CCCN4C(N)=O)c2)cc1. The Morgan fingerprint density at radius 1 is 1.07 bits per heavy atom. The molecule has 2 aromatic heterocycles. The molecule has 0 spiro atoms. The molecule has 6 nitrogen and oxygen atoms in total. The second-order valence-corrected chi connectivity index (χ2v) is 8.12. The number of amides is 2. The highest BCUT2D eigenvalue weighted by Gasteiger charge is 2.22. The molecule has 28 heavy (non-hydrogen) atoms. The van der Waals surface area contributed by atoms with Gasteiger partial charge in [-0.25, -0.2) is 9.78 Å². The molecule has 0 saturated carbocycles. The Labute approximate surface area is 166 Å². The highest BCUT2D eigenvalue weighted by molar-refractivity contribution is 7.90. The molecule has 7 heteroatoms. The molecule has 2 N–H and O–H groups in total. The molecule has 1 unspecified atom stereocenters. The van der Waals surface area contributed by atoms with Crippen molar-refractivity contribution in [1.29, 1.82) is 0 Å². The fourth-order valence-corrected chi connectivity index (χ4v) is 3.95. The van der Waals surface area contributed by atoms with Gasteiger partial charge in [-0.3, -0.25) is 9.88 Å². The Hall–Kier alpha value is -2.90. The van der Waals surface area contributed by atoms with Gasteiger partial charge < -0.3 is 10.3 Å². The maximum absolute atomic E-state index is 11.6. The van der Waals surface area contributed by atoms with E-state index in [0.717, 1.165) is 45.6 Å². The number of pyridine rings is 2. The van der Waals surface area contributed by atoms with E-state index < -0.39 is 17.2 Å². The van der Waals surface area contributed by atoms with Crippen LogP contribution in [-0.2, 0) is 17.6 Å². The third kappa shape index (κ3) is 3.58. The predicted molar refractivity (Wildman–Crippen MR) is 110 cm³/mol. The Morgan fingerprint density at radius 3 is 2.43 bits per heavy atom. The number of primary amides is 1. The second-order valence-electron chi connectivity index (χ2n) is 6.74. The number of carbonyl (C=O) groups is 1. The largest absolute Gasteiger partial charge is 0.612 e.